The lowest BCUT2D eigenvalue weighted by Crippen LogP contribution is -2.29. The molecule has 0 aromatic heterocycles. The van der Waals surface area contributed by atoms with Crippen molar-refractivity contribution in [2.75, 3.05) is 26.8 Å². The minimum absolute atomic E-state index is 0.213. The van der Waals surface area contributed by atoms with Crippen LogP contribution in [-0.2, 0) is 4.79 Å². The van der Waals surface area contributed by atoms with Gasteiger partial charge in [0.05, 0.1) is 25.8 Å². The van der Waals surface area contributed by atoms with Crippen molar-refractivity contribution in [1.82, 2.24) is 4.90 Å². The smallest absolute Gasteiger partial charge is 0.317 e. The number of ether oxygens (including phenoxy) is 2. The van der Waals surface area contributed by atoms with Crippen LogP contribution in [0.4, 0.5) is 0 Å². The van der Waals surface area contributed by atoms with Crippen LogP contribution in [0.15, 0.2) is 18.2 Å². The Bertz CT molecular complexity index is 525. The van der Waals surface area contributed by atoms with Gasteiger partial charge in [-0.1, -0.05) is 6.07 Å². The molecule has 0 radical (unpaired) electrons. The van der Waals surface area contributed by atoms with E-state index in [1.54, 1.807) is 25.2 Å². The molecule has 0 spiro atoms. The number of nitrogens with zero attached hydrogens (tertiary/aromatic N) is 2. The van der Waals surface area contributed by atoms with Crippen LogP contribution in [0.2, 0.25) is 0 Å². The molecule has 0 fully saturated rings. The van der Waals surface area contributed by atoms with E-state index in [-0.39, 0.29) is 6.54 Å². The zero-order chi connectivity index (χ0) is 15.8. The fourth-order valence-electron chi connectivity index (χ4n) is 1.97. The van der Waals surface area contributed by atoms with Crippen LogP contribution in [0.25, 0.3) is 0 Å². The first-order chi connectivity index (χ1) is 10.0. The lowest BCUT2D eigenvalue weighted by atomic mass is 10.1. The predicted molar refractivity (Wildman–Crippen MR) is 77.4 cm³/mol. The molecule has 0 aliphatic carbocycles. The van der Waals surface area contributed by atoms with Crippen LogP contribution < -0.4 is 9.47 Å². The van der Waals surface area contributed by atoms with Gasteiger partial charge in [0.15, 0.2) is 11.5 Å². The molecule has 1 aromatic carbocycles. The molecule has 114 valence electrons. The minimum atomic E-state index is -0.978. The quantitative estimate of drug-likeness (QED) is 0.789. The van der Waals surface area contributed by atoms with Crippen molar-refractivity contribution >= 4 is 5.97 Å². The summed E-state index contributed by atoms with van der Waals surface area (Å²) in [5.41, 5.74) is 0.674. The average Bonchev–Trinajstić information content (AvgIpc) is 2.42. The number of hydrogen-bond donors (Lipinski definition) is 1. The zero-order valence-electron chi connectivity index (χ0n) is 12.5. The molecule has 1 rings (SSSR count). The first kappa shape index (κ1) is 16.8. The van der Waals surface area contributed by atoms with Crippen molar-refractivity contribution in [3.63, 3.8) is 0 Å². The second-order valence-electron chi connectivity index (χ2n) is 4.41. The van der Waals surface area contributed by atoms with E-state index in [2.05, 4.69) is 6.07 Å². The number of hydrogen-bond acceptors (Lipinski definition) is 5. The number of benzene rings is 1. The molecule has 0 aliphatic rings. The van der Waals surface area contributed by atoms with Gasteiger partial charge in [-0.2, -0.15) is 5.26 Å². The first-order valence-corrected chi connectivity index (χ1v) is 6.74. The van der Waals surface area contributed by atoms with E-state index in [1.807, 2.05) is 13.8 Å². The van der Waals surface area contributed by atoms with Crippen molar-refractivity contribution in [3.05, 3.63) is 23.8 Å². The van der Waals surface area contributed by atoms with E-state index >= 15 is 0 Å². The third kappa shape index (κ3) is 4.65. The second-order valence-corrected chi connectivity index (χ2v) is 4.41. The lowest BCUT2D eigenvalue weighted by molar-refractivity contribution is -0.138. The van der Waals surface area contributed by atoms with Crippen molar-refractivity contribution in [1.29, 1.82) is 5.26 Å². The van der Waals surface area contributed by atoms with Gasteiger partial charge in [0.25, 0.3) is 0 Å². The van der Waals surface area contributed by atoms with Crippen LogP contribution in [0.1, 0.15) is 25.5 Å². The molecule has 21 heavy (non-hydrogen) atoms. The Morgan fingerprint density at radius 2 is 1.95 bits per heavy atom. The van der Waals surface area contributed by atoms with Crippen molar-refractivity contribution in [2.24, 2.45) is 0 Å². The second kappa shape index (κ2) is 8.12. The van der Waals surface area contributed by atoms with Crippen molar-refractivity contribution in [2.45, 2.75) is 19.9 Å². The third-order valence-corrected chi connectivity index (χ3v) is 2.83. The molecule has 0 aliphatic heterocycles. The summed E-state index contributed by atoms with van der Waals surface area (Å²) in [5, 5.41) is 18.1. The number of carboxylic acids is 1. The molecular formula is C15H20N2O4. The van der Waals surface area contributed by atoms with Crippen LogP contribution in [0, 0.1) is 11.3 Å². The van der Waals surface area contributed by atoms with E-state index < -0.39 is 12.0 Å². The standard InChI is InChI=1S/C15H20N2O4/c1-4-20-13-7-6-11(8-14(13)21-5-2)12(9-16)17(3)10-15(18)19/h6-8,12H,4-5,10H2,1-3H3,(H,18,19). The summed E-state index contributed by atoms with van der Waals surface area (Å²) in [6.45, 7) is 4.52. The van der Waals surface area contributed by atoms with E-state index in [1.165, 1.54) is 4.90 Å². The van der Waals surface area contributed by atoms with Crippen molar-refractivity contribution in [3.8, 4) is 17.6 Å². The molecule has 6 heteroatoms. The molecule has 0 amide bonds. The summed E-state index contributed by atoms with van der Waals surface area (Å²) >= 11 is 0. The Labute approximate surface area is 124 Å². The Hall–Kier alpha value is -2.26. The van der Waals surface area contributed by atoms with Crippen LogP contribution in [0.3, 0.4) is 0 Å². The lowest BCUT2D eigenvalue weighted by Gasteiger charge is -2.22. The number of aliphatic carboxylic acids is 1. The normalized spacial score (nSPS) is 11.8. The molecule has 0 saturated heterocycles. The summed E-state index contributed by atoms with van der Waals surface area (Å²) in [4.78, 5) is 12.2. The minimum Gasteiger partial charge on any atom is -0.490 e. The largest absolute Gasteiger partial charge is 0.490 e. The van der Waals surface area contributed by atoms with Gasteiger partial charge in [0.1, 0.15) is 6.04 Å². The van der Waals surface area contributed by atoms with Crippen LogP contribution >= 0.6 is 0 Å². The van der Waals surface area contributed by atoms with Gasteiger partial charge in [-0.05, 0) is 38.6 Å². The van der Waals surface area contributed by atoms with Gasteiger partial charge in [-0.3, -0.25) is 9.69 Å². The highest BCUT2D eigenvalue weighted by Gasteiger charge is 2.20. The van der Waals surface area contributed by atoms with Gasteiger partial charge in [-0.15, -0.1) is 0 Å². The maximum atomic E-state index is 10.8. The molecule has 0 heterocycles. The number of rotatable bonds is 8. The third-order valence-electron chi connectivity index (χ3n) is 2.83. The summed E-state index contributed by atoms with van der Waals surface area (Å²) in [5.74, 6) is 0.190. The predicted octanol–water partition coefficient (Wildman–Crippen LogP) is 2.07. The summed E-state index contributed by atoms with van der Waals surface area (Å²) in [7, 11) is 1.60. The van der Waals surface area contributed by atoms with E-state index in [0.717, 1.165) is 0 Å². The highest BCUT2D eigenvalue weighted by Crippen LogP contribution is 2.32. The van der Waals surface area contributed by atoms with Gasteiger partial charge >= 0.3 is 5.97 Å². The Morgan fingerprint density at radius 1 is 1.33 bits per heavy atom. The molecule has 1 aromatic rings. The number of nitriles is 1. The Kier molecular flexibility index (Phi) is 6.50. The van der Waals surface area contributed by atoms with Crippen molar-refractivity contribution < 1.29 is 19.4 Å². The fraction of sp³-hybridized carbons (Fsp3) is 0.467. The van der Waals surface area contributed by atoms with E-state index in [0.29, 0.717) is 30.3 Å². The van der Waals surface area contributed by atoms with Crippen LogP contribution in [0.5, 0.6) is 11.5 Å². The number of likely N-dealkylation sites (N-methyl/N-ethyl adjacent to an activating group) is 1. The Morgan fingerprint density at radius 3 is 2.48 bits per heavy atom. The molecule has 1 unspecified atom stereocenters. The monoisotopic (exact) mass is 292 g/mol. The highest BCUT2D eigenvalue weighted by molar-refractivity contribution is 5.69. The van der Waals surface area contributed by atoms with Gasteiger partial charge in [0, 0.05) is 0 Å². The molecule has 0 saturated carbocycles. The van der Waals surface area contributed by atoms with Gasteiger partial charge < -0.3 is 14.6 Å². The van der Waals surface area contributed by atoms with Gasteiger partial charge in [-0.25, -0.2) is 0 Å². The molecule has 1 N–H and O–H groups in total. The summed E-state index contributed by atoms with van der Waals surface area (Å²) < 4.78 is 11.0. The molecular weight excluding hydrogens is 272 g/mol. The van der Waals surface area contributed by atoms with E-state index in [4.69, 9.17) is 14.6 Å². The number of carboxylic acid groups (broad SMARTS) is 1. The SMILES string of the molecule is CCOc1ccc(C(C#N)N(C)CC(=O)O)cc1OCC. The molecule has 6 nitrogen and oxygen atoms in total. The topological polar surface area (TPSA) is 82.8 Å². The first-order valence-electron chi connectivity index (χ1n) is 6.74. The van der Waals surface area contributed by atoms with Gasteiger partial charge in [0.2, 0.25) is 0 Å². The maximum absolute atomic E-state index is 10.8. The summed E-state index contributed by atoms with van der Waals surface area (Å²) in [6, 6.07) is 6.67. The molecule has 1 atom stereocenters. The zero-order valence-corrected chi connectivity index (χ0v) is 12.5. The maximum Gasteiger partial charge on any atom is 0.317 e. The van der Waals surface area contributed by atoms with E-state index in [9.17, 15) is 10.1 Å². The summed E-state index contributed by atoms with van der Waals surface area (Å²) in [6.07, 6.45) is 0. The fourth-order valence-corrected chi connectivity index (χ4v) is 1.97. The molecule has 0 bridgehead atoms. The Balaban J connectivity index is 3.07. The van der Waals surface area contributed by atoms with Crippen LogP contribution in [-0.4, -0.2) is 42.8 Å². The number of carbonyl (C=O) groups is 1. The highest BCUT2D eigenvalue weighted by atomic mass is 16.5. The average molecular weight is 292 g/mol.